The summed E-state index contributed by atoms with van der Waals surface area (Å²) in [5.41, 5.74) is 2.12. The first-order valence-corrected chi connectivity index (χ1v) is 8.52. The molecule has 0 unspecified atom stereocenters. The highest BCUT2D eigenvalue weighted by Gasteiger charge is 2.15. The van der Waals surface area contributed by atoms with E-state index in [-0.39, 0.29) is 0 Å². The lowest BCUT2D eigenvalue weighted by molar-refractivity contribution is 0.219. The normalized spacial score (nSPS) is 11.0. The van der Waals surface area contributed by atoms with Crippen molar-refractivity contribution in [1.82, 2.24) is 15.0 Å². The van der Waals surface area contributed by atoms with Gasteiger partial charge < -0.3 is 9.26 Å². The van der Waals surface area contributed by atoms with Crippen molar-refractivity contribution >= 4 is 0 Å². The summed E-state index contributed by atoms with van der Waals surface area (Å²) >= 11 is 0. The van der Waals surface area contributed by atoms with Crippen molar-refractivity contribution in [3.05, 3.63) is 66.1 Å². The van der Waals surface area contributed by atoms with Gasteiger partial charge in [0.2, 0.25) is 11.7 Å². The fourth-order valence-electron chi connectivity index (χ4n) is 2.82. The fraction of sp³-hybridized carbons (Fsp3) is 0.300. The monoisotopic (exact) mass is 337 g/mol. The van der Waals surface area contributed by atoms with Gasteiger partial charge in [0.1, 0.15) is 5.75 Å². The average molecular weight is 337 g/mol. The number of ether oxygens (including phenoxy) is 1. The number of benzene rings is 2. The minimum absolute atomic E-state index is 0.559. The molecule has 0 N–H and O–H groups in total. The molecule has 3 aromatic rings. The molecular weight excluding hydrogens is 314 g/mol. The van der Waals surface area contributed by atoms with Crippen LogP contribution in [-0.2, 0) is 13.1 Å². The molecule has 0 atom stereocenters. The Morgan fingerprint density at radius 3 is 2.52 bits per heavy atom. The van der Waals surface area contributed by atoms with Crippen LogP contribution in [0.4, 0.5) is 0 Å². The summed E-state index contributed by atoms with van der Waals surface area (Å²) in [6, 6.07) is 18.1. The number of hydrogen-bond donors (Lipinski definition) is 0. The third-order valence-electron chi connectivity index (χ3n) is 3.96. The second-order valence-corrected chi connectivity index (χ2v) is 5.91. The molecule has 0 bridgehead atoms. The van der Waals surface area contributed by atoms with Crippen molar-refractivity contribution in [2.45, 2.75) is 26.4 Å². The third-order valence-corrected chi connectivity index (χ3v) is 3.96. The lowest BCUT2D eigenvalue weighted by Gasteiger charge is -2.19. The van der Waals surface area contributed by atoms with E-state index in [9.17, 15) is 0 Å². The first kappa shape index (κ1) is 17.2. The van der Waals surface area contributed by atoms with Crippen molar-refractivity contribution in [1.29, 1.82) is 0 Å². The molecule has 2 aromatic carbocycles. The Morgan fingerprint density at radius 1 is 1.00 bits per heavy atom. The molecule has 1 heterocycles. The smallest absolute Gasteiger partial charge is 0.241 e. The first-order valence-electron chi connectivity index (χ1n) is 8.52. The van der Waals surface area contributed by atoms with Crippen LogP contribution < -0.4 is 4.74 Å². The number of hydrogen-bond acceptors (Lipinski definition) is 5. The minimum atomic E-state index is 0.559. The summed E-state index contributed by atoms with van der Waals surface area (Å²) in [6.45, 7) is 4.64. The Labute approximate surface area is 148 Å². The molecule has 0 amide bonds. The summed E-state index contributed by atoms with van der Waals surface area (Å²) in [5.74, 6) is 1.92. The molecule has 0 radical (unpaired) electrons. The topological polar surface area (TPSA) is 51.4 Å². The predicted octanol–water partition coefficient (Wildman–Crippen LogP) is 4.16. The van der Waals surface area contributed by atoms with E-state index in [0.717, 1.165) is 30.8 Å². The molecule has 3 rings (SSSR count). The van der Waals surface area contributed by atoms with Crippen molar-refractivity contribution < 1.29 is 9.26 Å². The maximum absolute atomic E-state index is 5.47. The Hall–Kier alpha value is -2.66. The van der Waals surface area contributed by atoms with E-state index in [0.29, 0.717) is 18.3 Å². The average Bonchev–Trinajstić information content (AvgIpc) is 3.11. The Kier molecular flexibility index (Phi) is 5.80. The molecule has 1 aromatic heterocycles. The summed E-state index contributed by atoms with van der Waals surface area (Å²) in [6.07, 6.45) is 1.07. The number of aromatic nitrogens is 2. The van der Waals surface area contributed by atoms with Gasteiger partial charge >= 0.3 is 0 Å². The SMILES string of the molecule is CCCN(Cc1ccccc1)Cc1nc(-c2ccccc2OC)no1. The number of rotatable bonds is 8. The zero-order valence-corrected chi connectivity index (χ0v) is 14.7. The maximum Gasteiger partial charge on any atom is 0.241 e. The molecule has 0 saturated heterocycles. The van der Waals surface area contributed by atoms with Crippen molar-refractivity contribution in [3.8, 4) is 17.1 Å². The molecular formula is C20H23N3O2. The van der Waals surface area contributed by atoms with Gasteiger partial charge in [-0.05, 0) is 30.7 Å². The van der Waals surface area contributed by atoms with Gasteiger partial charge in [-0.3, -0.25) is 4.90 Å². The van der Waals surface area contributed by atoms with Crippen molar-refractivity contribution in [2.24, 2.45) is 0 Å². The Morgan fingerprint density at radius 2 is 1.76 bits per heavy atom. The fourth-order valence-corrected chi connectivity index (χ4v) is 2.82. The molecule has 5 nitrogen and oxygen atoms in total. The van der Waals surface area contributed by atoms with Crippen LogP contribution in [-0.4, -0.2) is 28.7 Å². The highest BCUT2D eigenvalue weighted by atomic mass is 16.5. The lowest BCUT2D eigenvalue weighted by Crippen LogP contribution is -2.23. The summed E-state index contributed by atoms with van der Waals surface area (Å²) in [7, 11) is 1.64. The molecule has 0 aliphatic heterocycles. The van der Waals surface area contributed by atoms with Gasteiger partial charge in [0.15, 0.2) is 0 Å². The van der Waals surface area contributed by atoms with Crippen LogP contribution in [0.15, 0.2) is 59.1 Å². The van der Waals surface area contributed by atoms with Gasteiger partial charge in [0.25, 0.3) is 0 Å². The zero-order chi connectivity index (χ0) is 17.5. The minimum Gasteiger partial charge on any atom is -0.496 e. The van der Waals surface area contributed by atoms with E-state index in [4.69, 9.17) is 9.26 Å². The van der Waals surface area contributed by atoms with Crippen LogP contribution in [0, 0.1) is 0 Å². The standard InChI is InChI=1S/C20H23N3O2/c1-3-13-23(14-16-9-5-4-6-10-16)15-19-21-20(22-25-19)17-11-7-8-12-18(17)24-2/h4-12H,3,13-15H2,1-2H3. The maximum atomic E-state index is 5.47. The second-order valence-electron chi connectivity index (χ2n) is 5.91. The molecule has 0 fully saturated rings. The predicted molar refractivity (Wildman–Crippen MR) is 97.1 cm³/mol. The van der Waals surface area contributed by atoms with Crippen LogP contribution in [0.3, 0.4) is 0 Å². The quantitative estimate of drug-likeness (QED) is 0.618. The molecule has 0 saturated carbocycles. The van der Waals surface area contributed by atoms with Crippen LogP contribution in [0.1, 0.15) is 24.8 Å². The van der Waals surface area contributed by atoms with Crippen LogP contribution in [0.2, 0.25) is 0 Å². The summed E-state index contributed by atoms with van der Waals surface area (Å²) in [4.78, 5) is 6.87. The van der Waals surface area contributed by atoms with Crippen LogP contribution >= 0.6 is 0 Å². The molecule has 0 aliphatic rings. The summed E-state index contributed by atoms with van der Waals surface area (Å²) in [5, 5.41) is 4.12. The van der Waals surface area contributed by atoms with Crippen molar-refractivity contribution in [3.63, 3.8) is 0 Å². The lowest BCUT2D eigenvalue weighted by atomic mass is 10.2. The third kappa shape index (κ3) is 4.45. The number of nitrogens with zero attached hydrogens (tertiary/aromatic N) is 3. The molecule has 5 heteroatoms. The van der Waals surface area contributed by atoms with Crippen molar-refractivity contribution in [2.75, 3.05) is 13.7 Å². The van der Waals surface area contributed by atoms with Gasteiger partial charge in [0.05, 0.1) is 19.2 Å². The molecule has 130 valence electrons. The van der Waals surface area contributed by atoms with Gasteiger partial charge in [-0.1, -0.05) is 54.5 Å². The van der Waals surface area contributed by atoms with Crippen LogP contribution in [0.5, 0.6) is 5.75 Å². The van der Waals surface area contributed by atoms with Crippen LogP contribution in [0.25, 0.3) is 11.4 Å². The zero-order valence-electron chi connectivity index (χ0n) is 14.7. The number of para-hydroxylation sites is 1. The van der Waals surface area contributed by atoms with Gasteiger partial charge in [-0.25, -0.2) is 0 Å². The number of methoxy groups -OCH3 is 1. The molecule has 0 spiro atoms. The van der Waals surface area contributed by atoms with E-state index in [1.165, 1.54) is 5.56 Å². The molecule has 25 heavy (non-hydrogen) atoms. The largest absolute Gasteiger partial charge is 0.496 e. The van der Waals surface area contributed by atoms with Gasteiger partial charge in [0, 0.05) is 6.54 Å². The van der Waals surface area contributed by atoms with E-state index < -0.39 is 0 Å². The van der Waals surface area contributed by atoms with Gasteiger partial charge in [-0.15, -0.1) is 0 Å². The first-order chi connectivity index (χ1) is 12.3. The Bertz CT molecular complexity index is 786. The highest BCUT2D eigenvalue weighted by molar-refractivity contribution is 5.63. The van der Waals surface area contributed by atoms with Gasteiger partial charge in [-0.2, -0.15) is 4.98 Å². The van der Waals surface area contributed by atoms with E-state index in [1.54, 1.807) is 7.11 Å². The second kappa shape index (κ2) is 8.44. The highest BCUT2D eigenvalue weighted by Crippen LogP contribution is 2.27. The van der Waals surface area contributed by atoms with E-state index in [1.807, 2.05) is 30.3 Å². The molecule has 0 aliphatic carbocycles. The summed E-state index contributed by atoms with van der Waals surface area (Å²) < 4.78 is 10.9. The Balaban J connectivity index is 1.74. The van der Waals surface area contributed by atoms with E-state index in [2.05, 4.69) is 46.2 Å². The van der Waals surface area contributed by atoms with E-state index >= 15 is 0 Å².